The van der Waals surface area contributed by atoms with Crippen molar-refractivity contribution in [2.45, 2.75) is 32.1 Å². The number of ketones is 1. The molecule has 1 heterocycles. The number of rotatable bonds is 4. The molecule has 0 saturated heterocycles. The van der Waals surface area contributed by atoms with E-state index in [1.165, 1.54) is 12.3 Å². The molecule has 1 N–H and O–H groups in total. The second-order valence-electron chi connectivity index (χ2n) is 4.56. The molecule has 1 fully saturated rings. The Bertz CT molecular complexity index is 388. The van der Waals surface area contributed by atoms with Gasteiger partial charge in [-0.05, 0) is 30.9 Å². The zero-order valence-corrected chi connectivity index (χ0v) is 9.59. The van der Waals surface area contributed by atoms with Crippen LogP contribution in [0.4, 0.5) is 0 Å². The van der Waals surface area contributed by atoms with Crippen LogP contribution in [0.5, 0.6) is 0 Å². The summed E-state index contributed by atoms with van der Waals surface area (Å²) in [5, 5.41) is 9.23. The van der Waals surface area contributed by atoms with Gasteiger partial charge in [0.1, 0.15) is 5.92 Å². The minimum absolute atomic E-state index is 0.0427. The summed E-state index contributed by atoms with van der Waals surface area (Å²) in [6.45, 7) is 0. The first-order valence-electron chi connectivity index (χ1n) is 6.00. The van der Waals surface area contributed by atoms with Crippen molar-refractivity contribution in [3.8, 4) is 0 Å². The summed E-state index contributed by atoms with van der Waals surface area (Å²) in [4.78, 5) is 23.3. The average molecular weight is 236 g/mol. The van der Waals surface area contributed by atoms with Gasteiger partial charge in [0.2, 0.25) is 5.78 Å². The number of carboxylic acid groups (broad SMARTS) is 1. The molecule has 92 valence electrons. The number of furan rings is 1. The molecule has 1 aliphatic rings. The van der Waals surface area contributed by atoms with Gasteiger partial charge in [-0.15, -0.1) is 0 Å². The summed E-state index contributed by atoms with van der Waals surface area (Å²) < 4.78 is 5.00. The summed E-state index contributed by atoms with van der Waals surface area (Å²) in [5.41, 5.74) is 0. The SMILES string of the molecule is O=C(O)C(C(=O)c1ccco1)C1CCCCC1. The molecular weight excluding hydrogens is 220 g/mol. The molecule has 0 bridgehead atoms. The Morgan fingerprint density at radius 1 is 1.29 bits per heavy atom. The Balaban J connectivity index is 2.16. The molecule has 1 atom stereocenters. The fourth-order valence-electron chi connectivity index (χ4n) is 2.57. The van der Waals surface area contributed by atoms with Crippen LogP contribution in [-0.4, -0.2) is 16.9 Å². The quantitative estimate of drug-likeness (QED) is 0.644. The maximum absolute atomic E-state index is 12.1. The van der Waals surface area contributed by atoms with Crippen LogP contribution in [0.1, 0.15) is 42.7 Å². The summed E-state index contributed by atoms with van der Waals surface area (Å²) in [6, 6.07) is 3.13. The standard InChI is InChI=1S/C13H16O4/c14-12(10-7-4-8-17-10)11(13(15)16)9-5-2-1-3-6-9/h4,7-9,11H,1-3,5-6H2,(H,15,16). The van der Waals surface area contributed by atoms with Gasteiger partial charge in [0.05, 0.1) is 6.26 Å². The van der Waals surface area contributed by atoms with E-state index >= 15 is 0 Å². The highest BCUT2D eigenvalue weighted by Gasteiger charge is 2.36. The Labute approximate surface area is 99.6 Å². The molecule has 2 rings (SSSR count). The van der Waals surface area contributed by atoms with Gasteiger partial charge < -0.3 is 9.52 Å². The summed E-state index contributed by atoms with van der Waals surface area (Å²) in [5.74, 6) is -2.25. The molecule has 0 spiro atoms. The highest BCUT2D eigenvalue weighted by Crippen LogP contribution is 2.32. The van der Waals surface area contributed by atoms with E-state index in [0.717, 1.165) is 32.1 Å². The molecule has 4 heteroatoms. The third-order valence-electron chi connectivity index (χ3n) is 3.43. The van der Waals surface area contributed by atoms with E-state index < -0.39 is 17.7 Å². The lowest BCUT2D eigenvalue weighted by atomic mass is 9.77. The minimum Gasteiger partial charge on any atom is -0.481 e. The molecule has 4 nitrogen and oxygen atoms in total. The first-order valence-corrected chi connectivity index (χ1v) is 6.00. The van der Waals surface area contributed by atoms with Crippen LogP contribution < -0.4 is 0 Å². The molecule has 0 amide bonds. The van der Waals surface area contributed by atoms with Crippen LogP contribution in [-0.2, 0) is 4.79 Å². The topological polar surface area (TPSA) is 67.5 Å². The van der Waals surface area contributed by atoms with Gasteiger partial charge in [-0.3, -0.25) is 9.59 Å². The van der Waals surface area contributed by atoms with Gasteiger partial charge in [0.25, 0.3) is 0 Å². The third-order valence-corrected chi connectivity index (χ3v) is 3.43. The molecule has 1 unspecified atom stereocenters. The van der Waals surface area contributed by atoms with Crippen molar-refractivity contribution < 1.29 is 19.1 Å². The second-order valence-corrected chi connectivity index (χ2v) is 4.56. The lowest BCUT2D eigenvalue weighted by molar-refractivity contribution is -0.142. The van der Waals surface area contributed by atoms with Crippen molar-refractivity contribution in [3.05, 3.63) is 24.2 Å². The normalized spacial score (nSPS) is 18.8. The molecule has 0 aromatic carbocycles. The summed E-state index contributed by atoms with van der Waals surface area (Å²) in [6.07, 6.45) is 6.21. The van der Waals surface area contributed by atoms with E-state index in [0.29, 0.717) is 0 Å². The Morgan fingerprint density at radius 3 is 2.53 bits per heavy atom. The van der Waals surface area contributed by atoms with E-state index in [-0.39, 0.29) is 11.7 Å². The number of carbonyl (C=O) groups excluding carboxylic acids is 1. The Kier molecular flexibility index (Phi) is 3.61. The number of carboxylic acids is 1. The summed E-state index contributed by atoms with van der Waals surface area (Å²) >= 11 is 0. The number of hydrogen-bond donors (Lipinski definition) is 1. The van der Waals surface area contributed by atoms with Crippen molar-refractivity contribution in [2.75, 3.05) is 0 Å². The first-order chi connectivity index (χ1) is 8.20. The highest BCUT2D eigenvalue weighted by atomic mass is 16.4. The van der Waals surface area contributed by atoms with Crippen molar-refractivity contribution in [1.82, 2.24) is 0 Å². The van der Waals surface area contributed by atoms with Crippen molar-refractivity contribution in [3.63, 3.8) is 0 Å². The van der Waals surface area contributed by atoms with Crippen molar-refractivity contribution in [1.29, 1.82) is 0 Å². The monoisotopic (exact) mass is 236 g/mol. The van der Waals surface area contributed by atoms with Crippen LogP contribution in [0.2, 0.25) is 0 Å². The Morgan fingerprint density at radius 2 is 2.00 bits per heavy atom. The van der Waals surface area contributed by atoms with E-state index in [4.69, 9.17) is 4.42 Å². The van der Waals surface area contributed by atoms with Crippen molar-refractivity contribution in [2.24, 2.45) is 11.8 Å². The number of Topliss-reactive ketones (excluding diaryl/α,β-unsaturated/α-hetero) is 1. The average Bonchev–Trinajstić information content (AvgIpc) is 2.83. The Hall–Kier alpha value is -1.58. The molecule has 0 radical (unpaired) electrons. The van der Waals surface area contributed by atoms with Gasteiger partial charge in [0, 0.05) is 0 Å². The predicted octanol–water partition coefficient (Wildman–Crippen LogP) is 2.74. The van der Waals surface area contributed by atoms with Gasteiger partial charge in [-0.2, -0.15) is 0 Å². The number of carbonyl (C=O) groups is 2. The zero-order chi connectivity index (χ0) is 12.3. The van der Waals surface area contributed by atoms with E-state index in [9.17, 15) is 14.7 Å². The molecule has 1 aliphatic carbocycles. The largest absolute Gasteiger partial charge is 0.481 e. The number of hydrogen-bond acceptors (Lipinski definition) is 3. The zero-order valence-electron chi connectivity index (χ0n) is 9.59. The first kappa shape index (κ1) is 11.9. The van der Waals surface area contributed by atoms with Crippen LogP contribution in [0, 0.1) is 11.8 Å². The van der Waals surface area contributed by atoms with E-state index in [2.05, 4.69) is 0 Å². The third kappa shape index (κ3) is 2.57. The maximum Gasteiger partial charge on any atom is 0.314 e. The number of aliphatic carboxylic acids is 1. The van der Waals surface area contributed by atoms with Gasteiger partial charge >= 0.3 is 5.97 Å². The van der Waals surface area contributed by atoms with Crippen LogP contribution in [0.25, 0.3) is 0 Å². The lowest BCUT2D eigenvalue weighted by Gasteiger charge is -2.25. The summed E-state index contributed by atoms with van der Waals surface area (Å²) in [7, 11) is 0. The molecule has 17 heavy (non-hydrogen) atoms. The minimum atomic E-state index is -1.03. The molecular formula is C13H16O4. The fraction of sp³-hybridized carbons (Fsp3) is 0.538. The smallest absolute Gasteiger partial charge is 0.314 e. The van der Waals surface area contributed by atoms with E-state index in [1.54, 1.807) is 6.07 Å². The van der Waals surface area contributed by atoms with Crippen LogP contribution >= 0.6 is 0 Å². The van der Waals surface area contributed by atoms with Gasteiger partial charge in [0.15, 0.2) is 5.76 Å². The lowest BCUT2D eigenvalue weighted by Crippen LogP contribution is -2.32. The van der Waals surface area contributed by atoms with Crippen LogP contribution in [0.15, 0.2) is 22.8 Å². The molecule has 1 aromatic heterocycles. The molecule has 0 aliphatic heterocycles. The maximum atomic E-state index is 12.1. The highest BCUT2D eigenvalue weighted by molar-refractivity contribution is 6.06. The van der Waals surface area contributed by atoms with Crippen LogP contribution in [0.3, 0.4) is 0 Å². The molecule has 1 saturated carbocycles. The fourth-order valence-corrected chi connectivity index (χ4v) is 2.57. The molecule has 1 aromatic rings. The second kappa shape index (κ2) is 5.17. The van der Waals surface area contributed by atoms with Crippen molar-refractivity contribution >= 4 is 11.8 Å². The van der Waals surface area contributed by atoms with Gasteiger partial charge in [-0.1, -0.05) is 19.3 Å². The van der Waals surface area contributed by atoms with E-state index in [1.807, 2.05) is 0 Å². The van der Waals surface area contributed by atoms with Gasteiger partial charge in [-0.25, -0.2) is 0 Å². The predicted molar refractivity (Wildman–Crippen MR) is 60.7 cm³/mol.